The Hall–Kier alpha value is -1.81. The number of halogens is 2. The quantitative estimate of drug-likeness (QED) is 0.410. The van der Waals surface area contributed by atoms with Crippen LogP contribution in [0.15, 0.2) is 48.5 Å². The minimum absolute atomic E-state index is 0.0919. The highest BCUT2D eigenvalue weighted by Gasteiger charge is 2.04. The van der Waals surface area contributed by atoms with Gasteiger partial charge in [0.15, 0.2) is 5.78 Å². The number of hydrogen-bond donors (Lipinski definition) is 0. The Kier molecular flexibility index (Phi) is 8.17. The first-order valence-corrected chi connectivity index (χ1v) is 9.41. The van der Waals surface area contributed by atoms with Gasteiger partial charge in [-0.25, -0.2) is 0 Å². The van der Waals surface area contributed by atoms with E-state index in [4.69, 9.17) is 27.9 Å². The van der Waals surface area contributed by atoms with E-state index in [-0.39, 0.29) is 5.78 Å². The summed E-state index contributed by atoms with van der Waals surface area (Å²) in [5.41, 5.74) is 1.35. The van der Waals surface area contributed by atoms with Gasteiger partial charge in [0.2, 0.25) is 0 Å². The molecule has 5 heteroatoms. The van der Waals surface area contributed by atoms with Gasteiger partial charge in [-0.2, -0.15) is 0 Å². The van der Waals surface area contributed by atoms with Gasteiger partial charge in [0.25, 0.3) is 0 Å². The molecule has 0 heterocycles. The molecule has 138 valence electrons. The molecule has 0 saturated heterocycles. The summed E-state index contributed by atoms with van der Waals surface area (Å²) in [6, 6.07) is 12.3. The van der Waals surface area contributed by atoms with E-state index in [0.717, 1.165) is 30.9 Å². The van der Waals surface area contributed by atoms with E-state index < -0.39 is 0 Å². The molecule has 2 rings (SSSR count). The maximum Gasteiger partial charge on any atom is 0.185 e. The normalized spacial score (nSPS) is 11.3. The third-order valence-corrected chi connectivity index (χ3v) is 4.65. The number of benzene rings is 2. The van der Waals surface area contributed by atoms with Gasteiger partial charge >= 0.3 is 0 Å². The van der Waals surface area contributed by atoms with Crippen molar-refractivity contribution >= 4 is 35.1 Å². The summed E-state index contributed by atoms with van der Waals surface area (Å²) >= 11 is 12.0. The third kappa shape index (κ3) is 6.17. The largest absolute Gasteiger partial charge is 0.492 e. The lowest BCUT2D eigenvalue weighted by molar-refractivity contribution is 0.104. The van der Waals surface area contributed by atoms with Crippen LogP contribution in [0.5, 0.6) is 5.75 Å². The van der Waals surface area contributed by atoms with Crippen molar-refractivity contribution in [3.63, 3.8) is 0 Å². The van der Waals surface area contributed by atoms with E-state index >= 15 is 0 Å². The molecule has 0 spiro atoms. The first-order chi connectivity index (χ1) is 12.5. The lowest BCUT2D eigenvalue weighted by atomic mass is 10.1. The van der Waals surface area contributed by atoms with Crippen LogP contribution in [0.25, 0.3) is 6.08 Å². The van der Waals surface area contributed by atoms with Gasteiger partial charge in [-0.05, 0) is 67.2 Å². The van der Waals surface area contributed by atoms with Crippen molar-refractivity contribution in [1.82, 2.24) is 4.90 Å². The Bertz CT molecular complexity index is 753. The molecule has 2 aromatic carbocycles. The van der Waals surface area contributed by atoms with Crippen LogP contribution in [0.3, 0.4) is 0 Å². The van der Waals surface area contributed by atoms with E-state index in [1.165, 1.54) is 6.08 Å². The lowest BCUT2D eigenvalue weighted by Crippen LogP contribution is -2.27. The number of rotatable bonds is 9. The molecule has 0 aliphatic rings. The van der Waals surface area contributed by atoms with Crippen LogP contribution in [0.1, 0.15) is 29.8 Å². The van der Waals surface area contributed by atoms with Gasteiger partial charge < -0.3 is 9.64 Å². The minimum atomic E-state index is -0.0919. The zero-order valence-corrected chi connectivity index (χ0v) is 16.6. The molecule has 0 aromatic heterocycles. The van der Waals surface area contributed by atoms with Gasteiger partial charge in [-0.15, -0.1) is 0 Å². The van der Waals surface area contributed by atoms with Crippen molar-refractivity contribution in [1.29, 1.82) is 0 Å². The molecule has 0 N–H and O–H groups in total. The summed E-state index contributed by atoms with van der Waals surface area (Å²) < 4.78 is 5.73. The van der Waals surface area contributed by atoms with E-state index in [1.807, 2.05) is 12.1 Å². The van der Waals surface area contributed by atoms with E-state index in [0.29, 0.717) is 22.2 Å². The number of likely N-dealkylation sites (N-methyl/N-ethyl adjacent to an activating group) is 1. The van der Waals surface area contributed by atoms with Gasteiger partial charge in [0, 0.05) is 22.2 Å². The summed E-state index contributed by atoms with van der Waals surface area (Å²) in [4.78, 5) is 14.6. The zero-order valence-electron chi connectivity index (χ0n) is 15.0. The number of carbonyl (C=O) groups is 1. The van der Waals surface area contributed by atoms with Crippen molar-refractivity contribution < 1.29 is 9.53 Å². The van der Waals surface area contributed by atoms with Crippen LogP contribution < -0.4 is 4.74 Å². The predicted octanol–water partition coefficient (Wildman–Crippen LogP) is 5.61. The summed E-state index contributed by atoms with van der Waals surface area (Å²) in [5, 5.41) is 1.08. The molecule has 2 aromatic rings. The molecule has 0 unspecified atom stereocenters. The van der Waals surface area contributed by atoms with Gasteiger partial charge in [-0.3, -0.25) is 4.79 Å². The molecule has 0 radical (unpaired) electrons. The molecule has 0 bridgehead atoms. The highest BCUT2D eigenvalue weighted by molar-refractivity contribution is 6.35. The van der Waals surface area contributed by atoms with Crippen LogP contribution in [0.2, 0.25) is 10.0 Å². The van der Waals surface area contributed by atoms with Crippen LogP contribution >= 0.6 is 23.2 Å². The SMILES string of the molecule is CCN(CC)CCOc1ccc(C(=O)/C=C\c2ccc(Cl)cc2Cl)cc1. The van der Waals surface area contributed by atoms with Crippen LogP contribution in [-0.4, -0.2) is 36.9 Å². The van der Waals surface area contributed by atoms with Crippen LogP contribution in [0.4, 0.5) is 0 Å². The van der Waals surface area contributed by atoms with Gasteiger partial charge in [-0.1, -0.05) is 43.1 Å². The smallest absolute Gasteiger partial charge is 0.185 e. The predicted molar refractivity (Wildman–Crippen MR) is 110 cm³/mol. The lowest BCUT2D eigenvalue weighted by Gasteiger charge is -2.17. The van der Waals surface area contributed by atoms with Crippen molar-refractivity contribution in [2.75, 3.05) is 26.2 Å². The number of nitrogens with zero attached hydrogens (tertiary/aromatic N) is 1. The number of allylic oxidation sites excluding steroid dienone is 1. The van der Waals surface area contributed by atoms with Gasteiger partial charge in [0.05, 0.1) is 0 Å². The monoisotopic (exact) mass is 391 g/mol. The van der Waals surface area contributed by atoms with Crippen LogP contribution in [0, 0.1) is 0 Å². The summed E-state index contributed by atoms with van der Waals surface area (Å²) in [6.45, 7) is 7.81. The molecular formula is C21H23Cl2NO2. The molecule has 0 amide bonds. The molecule has 0 fully saturated rings. The number of ketones is 1. The maximum absolute atomic E-state index is 12.3. The second-order valence-electron chi connectivity index (χ2n) is 5.76. The minimum Gasteiger partial charge on any atom is -0.492 e. The Morgan fingerprint density at radius 2 is 1.77 bits per heavy atom. The standard InChI is InChI=1S/C21H23Cl2NO2/c1-3-24(4-2)13-14-26-19-10-6-17(7-11-19)21(25)12-8-16-5-9-18(22)15-20(16)23/h5-12,15H,3-4,13-14H2,1-2H3/b12-8-. The molecule has 26 heavy (non-hydrogen) atoms. The fourth-order valence-corrected chi connectivity index (χ4v) is 2.92. The van der Waals surface area contributed by atoms with E-state index in [9.17, 15) is 4.79 Å². The molecule has 0 aliphatic carbocycles. The van der Waals surface area contributed by atoms with Crippen molar-refractivity contribution in [3.05, 3.63) is 69.7 Å². The number of carbonyl (C=O) groups excluding carboxylic acids is 1. The Balaban J connectivity index is 1.92. The van der Waals surface area contributed by atoms with E-state index in [2.05, 4.69) is 18.7 Å². The number of hydrogen-bond acceptors (Lipinski definition) is 3. The highest BCUT2D eigenvalue weighted by atomic mass is 35.5. The molecule has 0 aliphatic heterocycles. The third-order valence-electron chi connectivity index (χ3n) is 4.09. The Morgan fingerprint density at radius 3 is 2.38 bits per heavy atom. The second kappa shape index (κ2) is 10.4. The molecule has 0 atom stereocenters. The highest BCUT2D eigenvalue weighted by Crippen LogP contribution is 2.22. The summed E-state index contributed by atoms with van der Waals surface area (Å²) in [6.07, 6.45) is 3.20. The molecule has 3 nitrogen and oxygen atoms in total. The van der Waals surface area contributed by atoms with Crippen LogP contribution in [-0.2, 0) is 0 Å². The summed E-state index contributed by atoms with van der Waals surface area (Å²) in [7, 11) is 0. The first-order valence-electron chi connectivity index (χ1n) is 8.66. The van der Waals surface area contributed by atoms with Crippen molar-refractivity contribution in [3.8, 4) is 5.75 Å². The average Bonchev–Trinajstić information content (AvgIpc) is 2.65. The van der Waals surface area contributed by atoms with Gasteiger partial charge in [0.1, 0.15) is 12.4 Å². The first kappa shape index (κ1) is 20.5. The zero-order chi connectivity index (χ0) is 18.9. The Labute approximate surface area is 165 Å². The van der Waals surface area contributed by atoms with Crippen molar-refractivity contribution in [2.24, 2.45) is 0 Å². The molecule has 0 saturated carbocycles. The maximum atomic E-state index is 12.3. The molecular weight excluding hydrogens is 369 g/mol. The van der Waals surface area contributed by atoms with Crippen molar-refractivity contribution in [2.45, 2.75) is 13.8 Å². The topological polar surface area (TPSA) is 29.5 Å². The number of ether oxygens (including phenoxy) is 1. The fraction of sp³-hybridized carbons (Fsp3) is 0.286. The summed E-state index contributed by atoms with van der Waals surface area (Å²) in [5.74, 6) is 0.670. The fourth-order valence-electron chi connectivity index (χ4n) is 2.45. The Morgan fingerprint density at radius 1 is 1.08 bits per heavy atom. The van der Waals surface area contributed by atoms with E-state index in [1.54, 1.807) is 36.4 Å². The average molecular weight is 392 g/mol. The second-order valence-corrected chi connectivity index (χ2v) is 6.61.